The number of hydrogen-bond acceptors (Lipinski definition) is 3. The number of carbonyl (C=O) groups excluding carboxylic acids is 1. The number of amides is 2. The maximum Gasteiger partial charge on any atom is 0.317 e. The van der Waals surface area contributed by atoms with E-state index in [0.717, 1.165) is 31.7 Å². The zero-order chi connectivity index (χ0) is 15.8. The van der Waals surface area contributed by atoms with Gasteiger partial charge in [0.2, 0.25) is 0 Å². The molecule has 3 heterocycles. The Morgan fingerprint density at radius 1 is 1.22 bits per heavy atom. The molecule has 1 aromatic rings. The van der Waals surface area contributed by atoms with E-state index in [4.69, 9.17) is 21.1 Å². The molecule has 1 aromatic carbocycles. The van der Waals surface area contributed by atoms with Crippen molar-refractivity contribution in [3.63, 3.8) is 0 Å². The Balaban J connectivity index is 1.20. The first-order valence-electron chi connectivity index (χ1n) is 8.27. The quantitative estimate of drug-likeness (QED) is 0.860. The molecule has 0 unspecified atom stereocenters. The van der Waals surface area contributed by atoms with Crippen molar-refractivity contribution >= 4 is 17.6 Å². The fourth-order valence-corrected chi connectivity index (χ4v) is 4.22. The summed E-state index contributed by atoms with van der Waals surface area (Å²) in [5, 5.41) is 3.62. The van der Waals surface area contributed by atoms with Gasteiger partial charge in [0.05, 0.1) is 18.8 Å². The van der Waals surface area contributed by atoms with Gasteiger partial charge < -0.3 is 19.7 Å². The molecule has 4 atom stereocenters. The first-order chi connectivity index (χ1) is 11.2. The smallest absolute Gasteiger partial charge is 0.317 e. The Labute approximate surface area is 140 Å². The van der Waals surface area contributed by atoms with E-state index in [2.05, 4.69) is 5.32 Å². The van der Waals surface area contributed by atoms with Crippen molar-refractivity contribution in [3.05, 3.63) is 29.3 Å². The SMILES string of the molecule is O=C(NCCOc1ccc(Cl)cc1)N1C[C@@H]2[C@H](C1)[C@H]1CC[C@H]2O1. The number of likely N-dealkylation sites (tertiary alicyclic amines) is 1. The van der Waals surface area contributed by atoms with Crippen molar-refractivity contribution < 1.29 is 14.3 Å². The molecule has 3 aliphatic rings. The fourth-order valence-electron chi connectivity index (χ4n) is 4.10. The molecule has 2 bridgehead atoms. The van der Waals surface area contributed by atoms with Crippen LogP contribution in [0.2, 0.25) is 5.02 Å². The molecule has 0 aromatic heterocycles. The van der Waals surface area contributed by atoms with E-state index < -0.39 is 0 Å². The van der Waals surface area contributed by atoms with Crippen LogP contribution in [0.1, 0.15) is 12.8 Å². The van der Waals surface area contributed by atoms with E-state index >= 15 is 0 Å². The number of ether oxygens (including phenoxy) is 2. The van der Waals surface area contributed by atoms with Gasteiger partial charge in [-0.3, -0.25) is 0 Å². The second-order valence-electron chi connectivity index (χ2n) is 6.56. The summed E-state index contributed by atoms with van der Waals surface area (Å²) in [5.41, 5.74) is 0. The number of carbonyl (C=O) groups is 1. The number of hydrogen-bond donors (Lipinski definition) is 1. The largest absolute Gasteiger partial charge is 0.492 e. The van der Waals surface area contributed by atoms with Crippen molar-refractivity contribution in [2.75, 3.05) is 26.2 Å². The molecule has 1 N–H and O–H groups in total. The molecule has 4 rings (SSSR count). The molecular formula is C17H21ClN2O3. The molecular weight excluding hydrogens is 316 g/mol. The summed E-state index contributed by atoms with van der Waals surface area (Å²) in [7, 11) is 0. The van der Waals surface area contributed by atoms with Gasteiger partial charge in [0, 0.05) is 29.9 Å². The third-order valence-corrected chi connectivity index (χ3v) is 5.45. The molecule has 23 heavy (non-hydrogen) atoms. The molecule has 3 aliphatic heterocycles. The lowest BCUT2D eigenvalue weighted by atomic mass is 9.82. The lowest BCUT2D eigenvalue weighted by Gasteiger charge is -2.19. The normalized spacial score (nSPS) is 31.3. The predicted molar refractivity (Wildman–Crippen MR) is 86.8 cm³/mol. The predicted octanol–water partition coefficient (Wildman–Crippen LogP) is 2.54. The molecule has 3 saturated heterocycles. The van der Waals surface area contributed by atoms with Gasteiger partial charge in [0.25, 0.3) is 0 Å². The van der Waals surface area contributed by atoms with E-state index in [-0.39, 0.29) is 6.03 Å². The van der Waals surface area contributed by atoms with Gasteiger partial charge in [-0.1, -0.05) is 11.6 Å². The van der Waals surface area contributed by atoms with Crippen molar-refractivity contribution in [2.24, 2.45) is 11.8 Å². The number of nitrogens with zero attached hydrogens (tertiary/aromatic N) is 1. The molecule has 124 valence electrons. The lowest BCUT2D eigenvalue weighted by molar-refractivity contribution is 0.0738. The summed E-state index contributed by atoms with van der Waals surface area (Å²) in [4.78, 5) is 14.2. The van der Waals surface area contributed by atoms with Crippen molar-refractivity contribution in [2.45, 2.75) is 25.0 Å². The maximum absolute atomic E-state index is 12.3. The third-order valence-electron chi connectivity index (χ3n) is 5.20. The van der Waals surface area contributed by atoms with E-state index in [1.54, 1.807) is 12.1 Å². The van der Waals surface area contributed by atoms with Gasteiger partial charge in [-0.15, -0.1) is 0 Å². The van der Waals surface area contributed by atoms with Gasteiger partial charge in [-0.25, -0.2) is 4.79 Å². The Hall–Kier alpha value is -1.46. The zero-order valence-corrected chi connectivity index (χ0v) is 13.7. The summed E-state index contributed by atoms with van der Waals surface area (Å²) >= 11 is 5.83. The van der Waals surface area contributed by atoms with Crippen LogP contribution in [0, 0.1) is 11.8 Å². The molecule has 6 heteroatoms. The van der Waals surface area contributed by atoms with Crippen LogP contribution in [-0.4, -0.2) is 49.4 Å². The van der Waals surface area contributed by atoms with Crippen molar-refractivity contribution in [1.82, 2.24) is 10.2 Å². The van der Waals surface area contributed by atoms with Crippen LogP contribution in [0.3, 0.4) is 0 Å². The second-order valence-corrected chi connectivity index (χ2v) is 6.99. The minimum absolute atomic E-state index is 0.0125. The topological polar surface area (TPSA) is 50.8 Å². The second kappa shape index (κ2) is 6.21. The van der Waals surface area contributed by atoms with Gasteiger partial charge in [0.1, 0.15) is 12.4 Å². The molecule has 0 radical (unpaired) electrons. The van der Waals surface area contributed by atoms with Crippen LogP contribution in [0.25, 0.3) is 0 Å². The van der Waals surface area contributed by atoms with Crippen LogP contribution in [0.5, 0.6) is 5.75 Å². The van der Waals surface area contributed by atoms with E-state index in [0.29, 0.717) is 42.2 Å². The molecule has 2 amide bonds. The molecule has 0 saturated carbocycles. The number of halogens is 1. The molecule has 0 spiro atoms. The first kappa shape index (κ1) is 15.1. The van der Waals surface area contributed by atoms with Crippen LogP contribution >= 0.6 is 11.6 Å². The number of fused-ring (bicyclic) bond motifs is 5. The summed E-state index contributed by atoms with van der Waals surface area (Å²) in [6.45, 7) is 2.60. The monoisotopic (exact) mass is 336 g/mol. The van der Waals surface area contributed by atoms with Crippen LogP contribution in [-0.2, 0) is 4.74 Å². The van der Waals surface area contributed by atoms with E-state index in [1.807, 2.05) is 17.0 Å². The Morgan fingerprint density at radius 2 is 1.87 bits per heavy atom. The summed E-state index contributed by atoms with van der Waals surface area (Å²) < 4.78 is 11.5. The van der Waals surface area contributed by atoms with Crippen LogP contribution < -0.4 is 10.1 Å². The van der Waals surface area contributed by atoms with Crippen molar-refractivity contribution in [3.8, 4) is 5.75 Å². The van der Waals surface area contributed by atoms with Gasteiger partial charge in [0.15, 0.2) is 0 Å². The number of urea groups is 1. The minimum atomic E-state index is 0.0125. The zero-order valence-electron chi connectivity index (χ0n) is 12.9. The molecule has 5 nitrogen and oxygen atoms in total. The van der Waals surface area contributed by atoms with Gasteiger partial charge in [-0.2, -0.15) is 0 Å². The average Bonchev–Trinajstić information content (AvgIpc) is 3.25. The van der Waals surface area contributed by atoms with Crippen LogP contribution in [0.4, 0.5) is 4.79 Å². The lowest BCUT2D eigenvalue weighted by Crippen LogP contribution is -2.41. The van der Waals surface area contributed by atoms with Gasteiger partial charge in [-0.05, 0) is 37.1 Å². The van der Waals surface area contributed by atoms with Crippen LogP contribution in [0.15, 0.2) is 24.3 Å². The third kappa shape index (κ3) is 3.00. The minimum Gasteiger partial charge on any atom is -0.492 e. The van der Waals surface area contributed by atoms with Crippen molar-refractivity contribution in [1.29, 1.82) is 0 Å². The highest BCUT2D eigenvalue weighted by molar-refractivity contribution is 6.30. The Bertz CT molecular complexity index is 562. The first-order valence-corrected chi connectivity index (χ1v) is 8.65. The molecule has 0 aliphatic carbocycles. The van der Waals surface area contributed by atoms with Gasteiger partial charge >= 0.3 is 6.03 Å². The number of rotatable bonds is 4. The highest BCUT2D eigenvalue weighted by Crippen LogP contribution is 2.47. The summed E-state index contributed by atoms with van der Waals surface area (Å²) in [6.07, 6.45) is 3.10. The average molecular weight is 337 g/mol. The Kier molecular flexibility index (Phi) is 4.07. The Morgan fingerprint density at radius 3 is 2.52 bits per heavy atom. The number of benzene rings is 1. The fraction of sp³-hybridized carbons (Fsp3) is 0.588. The standard InChI is InChI=1S/C17H21ClN2O3/c18-11-1-3-12(4-2-11)22-8-7-19-17(21)20-9-13-14(10-20)16-6-5-15(13)23-16/h1-4,13-16H,5-10H2,(H,19,21)/t13-,14+,15-,16-/m1/s1. The summed E-state index contributed by atoms with van der Waals surface area (Å²) in [5.74, 6) is 1.85. The van der Waals surface area contributed by atoms with E-state index in [9.17, 15) is 4.79 Å². The maximum atomic E-state index is 12.3. The summed E-state index contributed by atoms with van der Waals surface area (Å²) in [6, 6.07) is 7.23. The molecule has 3 fully saturated rings. The highest BCUT2D eigenvalue weighted by atomic mass is 35.5. The van der Waals surface area contributed by atoms with E-state index in [1.165, 1.54) is 0 Å². The highest BCUT2D eigenvalue weighted by Gasteiger charge is 2.53. The number of nitrogens with one attached hydrogen (secondary N) is 1.